The van der Waals surface area contributed by atoms with Crippen LogP contribution in [-0.4, -0.2) is 16.8 Å². The maximum atomic E-state index is 13.7. The van der Waals surface area contributed by atoms with Gasteiger partial charge in [-0.2, -0.15) is 0 Å². The van der Waals surface area contributed by atoms with E-state index in [2.05, 4.69) is 4.98 Å². The van der Waals surface area contributed by atoms with Crippen LogP contribution < -0.4 is 4.90 Å². The smallest absolute Gasteiger partial charge is 0.248 e. The van der Waals surface area contributed by atoms with Gasteiger partial charge in [0, 0.05) is 30.6 Å². The first-order chi connectivity index (χ1) is 11.9. The van der Waals surface area contributed by atoms with Crippen molar-refractivity contribution in [1.82, 2.24) is 4.98 Å². The molecule has 2 aromatic rings. The molecular weight excluding hydrogens is 329 g/mol. The van der Waals surface area contributed by atoms with Crippen molar-refractivity contribution >= 4 is 11.6 Å². The largest absolute Gasteiger partial charge is 0.306 e. The summed E-state index contributed by atoms with van der Waals surface area (Å²) in [5.41, 5.74) is 1.12. The van der Waals surface area contributed by atoms with Gasteiger partial charge in [0.1, 0.15) is 5.82 Å². The second-order valence-electron chi connectivity index (χ2n) is 6.37. The summed E-state index contributed by atoms with van der Waals surface area (Å²) in [6.07, 6.45) is 1.76. The second-order valence-corrected chi connectivity index (χ2v) is 6.37. The van der Waals surface area contributed by atoms with E-state index in [-0.39, 0.29) is 18.9 Å². The number of pyridine rings is 1. The minimum atomic E-state index is -2.81. The number of amides is 1. The number of hydrogen-bond donors (Lipinski definition) is 0. The monoisotopic (exact) mass is 348 g/mol. The SMILES string of the molecule is O=C(C1CCCC(F)(F)C1)N(Cc1ccccn1)c1ccc(F)cc1. The number of hydrogen-bond acceptors (Lipinski definition) is 2. The van der Waals surface area contributed by atoms with E-state index in [4.69, 9.17) is 0 Å². The van der Waals surface area contributed by atoms with Gasteiger partial charge in [0.25, 0.3) is 0 Å². The van der Waals surface area contributed by atoms with Crippen LogP contribution in [0.3, 0.4) is 0 Å². The maximum absolute atomic E-state index is 13.7. The number of benzene rings is 1. The molecule has 3 nitrogen and oxygen atoms in total. The van der Waals surface area contributed by atoms with Gasteiger partial charge in [-0.05, 0) is 49.2 Å². The van der Waals surface area contributed by atoms with Crippen LogP contribution in [0.1, 0.15) is 31.4 Å². The van der Waals surface area contributed by atoms with Crippen LogP contribution in [0.2, 0.25) is 0 Å². The van der Waals surface area contributed by atoms with Gasteiger partial charge >= 0.3 is 0 Å². The number of halogens is 3. The maximum Gasteiger partial charge on any atom is 0.248 e. The predicted octanol–water partition coefficient (Wildman–Crippen LogP) is 4.58. The van der Waals surface area contributed by atoms with Crippen LogP contribution in [-0.2, 0) is 11.3 Å². The zero-order valence-electron chi connectivity index (χ0n) is 13.7. The molecule has 0 spiro atoms. The molecular formula is C19H19F3N2O. The quantitative estimate of drug-likeness (QED) is 0.810. The molecule has 1 amide bonds. The molecule has 1 aromatic carbocycles. The number of nitrogens with zero attached hydrogens (tertiary/aromatic N) is 2. The van der Waals surface area contributed by atoms with Crippen LogP contribution in [0.15, 0.2) is 48.7 Å². The Morgan fingerprint density at radius 2 is 1.96 bits per heavy atom. The highest BCUT2D eigenvalue weighted by atomic mass is 19.3. The lowest BCUT2D eigenvalue weighted by atomic mass is 9.85. The minimum Gasteiger partial charge on any atom is -0.306 e. The van der Waals surface area contributed by atoms with E-state index in [0.717, 1.165) is 0 Å². The first-order valence-corrected chi connectivity index (χ1v) is 8.29. The Morgan fingerprint density at radius 3 is 2.60 bits per heavy atom. The summed E-state index contributed by atoms with van der Waals surface area (Å²) in [7, 11) is 0. The molecule has 1 fully saturated rings. The summed E-state index contributed by atoms with van der Waals surface area (Å²) in [5.74, 6) is -4.33. The summed E-state index contributed by atoms with van der Waals surface area (Å²) in [4.78, 5) is 18.6. The number of aromatic nitrogens is 1. The lowest BCUT2D eigenvalue weighted by molar-refractivity contribution is -0.129. The molecule has 6 heteroatoms. The van der Waals surface area contributed by atoms with Gasteiger partial charge in [-0.25, -0.2) is 13.2 Å². The molecule has 1 aliphatic rings. The standard InChI is InChI=1S/C19H19F3N2O/c20-15-6-8-17(9-7-15)24(13-16-5-1-2-11-23-16)18(25)14-4-3-10-19(21,22)12-14/h1-2,5-9,11,14H,3-4,10,12-13H2. The van der Waals surface area contributed by atoms with E-state index < -0.39 is 24.1 Å². The number of carbonyl (C=O) groups is 1. The highest BCUT2D eigenvalue weighted by Gasteiger charge is 2.40. The molecule has 1 saturated carbocycles. The lowest BCUT2D eigenvalue weighted by Crippen LogP contribution is -2.40. The average molecular weight is 348 g/mol. The van der Waals surface area contributed by atoms with E-state index in [1.807, 2.05) is 0 Å². The molecule has 1 aromatic heterocycles. The molecule has 0 saturated heterocycles. The number of rotatable bonds is 4. The van der Waals surface area contributed by atoms with Gasteiger partial charge < -0.3 is 4.90 Å². The fourth-order valence-electron chi connectivity index (χ4n) is 3.17. The van der Waals surface area contributed by atoms with E-state index in [1.54, 1.807) is 24.4 Å². The van der Waals surface area contributed by atoms with Crippen LogP contribution in [0.5, 0.6) is 0 Å². The fourth-order valence-corrected chi connectivity index (χ4v) is 3.17. The Balaban J connectivity index is 1.87. The van der Waals surface area contributed by atoms with Crippen molar-refractivity contribution in [2.75, 3.05) is 4.90 Å². The zero-order chi connectivity index (χ0) is 17.9. The summed E-state index contributed by atoms with van der Waals surface area (Å²) in [6.45, 7) is 0.160. The highest BCUT2D eigenvalue weighted by molar-refractivity contribution is 5.95. The molecule has 1 aliphatic carbocycles. The summed E-state index contributed by atoms with van der Waals surface area (Å²) < 4.78 is 40.7. The molecule has 1 heterocycles. The normalized spacial score (nSPS) is 19.4. The van der Waals surface area contributed by atoms with Gasteiger partial charge in [0.05, 0.1) is 12.2 Å². The first kappa shape index (κ1) is 17.5. The number of alkyl halides is 2. The Morgan fingerprint density at radius 1 is 1.20 bits per heavy atom. The van der Waals surface area contributed by atoms with Gasteiger partial charge in [-0.1, -0.05) is 6.07 Å². The van der Waals surface area contributed by atoms with Gasteiger partial charge in [-0.3, -0.25) is 9.78 Å². The molecule has 0 radical (unpaired) electrons. The number of carbonyl (C=O) groups excluding carboxylic acids is 1. The van der Waals surface area contributed by atoms with Crippen molar-refractivity contribution in [2.24, 2.45) is 5.92 Å². The Hall–Kier alpha value is -2.37. The molecule has 0 bridgehead atoms. The van der Waals surface area contributed by atoms with Crippen molar-refractivity contribution in [2.45, 2.75) is 38.2 Å². The van der Waals surface area contributed by atoms with Gasteiger partial charge in [-0.15, -0.1) is 0 Å². The first-order valence-electron chi connectivity index (χ1n) is 8.29. The molecule has 3 rings (SSSR count). The van der Waals surface area contributed by atoms with Crippen molar-refractivity contribution in [3.63, 3.8) is 0 Å². The van der Waals surface area contributed by atoms with E-state index in [0.29, 0.717) is 24.2 Å². The lowest BCUT2D eigenvalue weighted by Gasteiger charge is -2.32. The summed E-state index contributed by atoms with van der Waals surface area (Å²) >= 11 is 0. The van der Waals surface area contributed by atoms with E-state index >= 15 is 0 Å². The Kier molecular flexibility index (Phi) is 5.06. The van der Waals surface area contributed by atoms with Crippen molar-refractivity contribution in [3.05, 3.63) is 60.2 Å². The van der Waals surface area contributed by atoms with Crippen LogP contribution in [0.25, 0.3) is 0 Å². The van der Waals surface area contributed by atoms with Gasteiger partial charge in [0.15, 0.2) is 0 Å². The molecule has 1 unspecified atom stereocenters. The molecule has 0 aliphatic heterocycles. The third-order valence-electron chi connectivity index (χ3n) is 4.44. The van der Waals surface area contributed by atoms with Gasteiger partial charge in [0.2, 0.25) is 11.8 Å². The topological polar surface area (TPSA) is 33.2 Å². The van der Waals surface area contributed by atoms with Crippen LogP contribution >= 0.6 is 0 Å². The summed E-state index contributed by atoms with van der Waals surface area (Å²) in [5, 5.41) is 0. The zero-order valence-corrected chi connectivity index (χ0v) is 13.7. The third-order valence-corrected chi connectivity index (χ3v) is 4.44. The highest BCUT2D eigenvalue weighted by Crippen LogP contribution is 2.38. The van der Waals surface area contributed by atoms with Crippen LogP contribution in [0, 0.1) is 11.7 Å². The van der Waals surface area contributed by atoms with Crippen molar-refractivity contribution < 1.29 is 18.0 Å². The number of anilines is 1. The van der Waals surface area contributed by atoms with E-state index in [9.17, 15) is 18.0 Å². The predicted molar refractivity (Wildman–Crippen MR) is 88.7 cm³/mol. The minimum absolute atomic E-state index is 0.160. The van der Waals surface area contributed by atoms with Crippen LogP contribution in [0.4, 0.5) is 18.9 Å². The Labute approximate surface area is 144 Å². The third kappa shape index (κ3) is 4.38. The second kappa shape index (κ2) is 7.25. The average Bonchev–Trinajstić information content (AvgIpc) is 2.60. The Bertz CT molecular complexity index is 719. The van der Waals surface area contributed by atoms with E-state index in [1.165, 1.54) is 29.2 Å². The van der Waals surface area contributed by atoms with Crippen molar-refractivity contribution in [3.8, 4) is 0 Å². The molecule has 25 heavy (non-hydrogen) atoms. The van der Waals surface area contributed by atoms with Crippen molar-refractivity contribution in [1.29, 1.82) is 0 Å². The molecule has 0 N–H and O–H groups in total. The fraction of sp³-hybridized carbons (Fsp3) is 0.368. The molecule has 132 valence electrons. The summed E-state index contributed by atoms with van der Waals surface area (Å²) in [6, 6.07) is 10.8. The molecule has 1 atom stereocenters.